The molecule has 0 N–H and O–H groups in total. The van der Waals surface area contributed by atoms with Crippen LogP contribution in [0.1, 0.15) is 0 Å². The number of hydrogen-bond acceptors (Lipinski definition) is 0. The highest BCUT2D eigenvalue weighted by molar-refractivity contribution is 6.32. The molecule has 4 aromatic carbocycles. The molecule has 0 aliphatic rings. The van der Waals surface area contributed by atoms with Gasteiger partial charge >= 0.3 is 0 Å². The maximum Gasteiger partial charge on any atom is 0.131 e. The molecule has 0 unspecified atom stereocenters. The highest BCUT2D eigenvalue weighted by atomic mass is 19.1. The minimum absolute atomic E-state index is 0.00125. The molecule has 0 fully saturated rings. The summed E-state index contributed by atoms with van der Waals surface area (Å²) in [4.78, 5) is 0. The Morgan fingerprint density at radius 3 is 1.54 bits per heavy atom. The quantitative estimate of drug-likeness (QED) is 0.394. The monoisotopic (exact) mass is 370 g/mol. The summed E-state index contributed by atoms with van der Waals surface area (Å²) in [5.74, 6) is -1.61. The third-order valence-electron chi connectivity index (χ3n) is 4.67. The fraction of sp³-hybridized carbons (Fsp3) is 0. The van der Waals surface area contributed by atoms with Gasteiger partial charge < -0.3 is 0 Å². The number of hydrogen-bond donors (Lipinski definition) is 0. The molecule has 2 radical (unpaired) electrons. The van der Waals surface area contributed by atoms with Crippen LogP contribution >= 0.6 is 0 Å². The molecule has 0 saturated carbocycles. The molecule has 0 aromatic heterocycles. The van der Waals surface area contributed by atoms with Crippen molar-refractivity contribution in [3.8, 4) is 33.4 Å². The van der Waals surface area contributed by atoms with Crippen LogP contribution in [0.5, 0.6) is 0 Å². The Labute approximate surface area is 162 Å². The van der Waals surface area contributed by atoms with Crippen LogP contribution in [-0.2, 0) is 0 Å². The normalized spacial score (nSPS) is 10.8. The van der Waals surface area contributed by atoms with Gasteiger partial charge in [0.05, 0.1) is 0 Å². The van der Waals surface area contributed by atoms with Crippen molar-refractivity contribution < 1.29 is 13.2 Å². The zero-order chi connectivity index (χ0) is 19.7. The van der Waals surface area contributed by atoms with Crippen LogP contribution in [-0.4, -0.2) is 7.85 Å². The standard InChI is InChI=1S/C24H14BF3/c25-21-11-8-18(14-24(21)28)20-10-7-17(13-23(20)27)19-9-6-16(12-22(19)26)15-4-2-1-3-5-15/h1-14H. The van der Waals surface area contributed by atoms with Crippen LogP contribution in [0.4, 0.5) is 13.2 Å². The van der Waals surface area contributed by atoms with Crippen molar-refractivity contribution in [3.63, 3.8) is 0 Å². The van der Waals surface area contributed by atoms with Gasteiger partial charge in [-0.3, -0.25) is 0 Å². The lowest BCUT2D eigenvalue weighted by molar-refractivity contribution is 0.626. The lowest BCUT2D eigenvalue weighted by Gasteiger charge is -2.10. The summed E-state index contributed by atoms with van der Waals surface area (Å²) in [7, 11) is 5.47. The van der Waals surface area contributed by atoms with Crippen molar-refractivity contribution in [3.05, 3.63) is 102 Å². The molecule has 28 heavy (non-hydrogen) atoms. The van der Waals surface area contributed by atoms with Gasteiger partial charge in [0.15, 0.2) is 0 Å². The lowest BCUT2D eigenvalue weighted by atomic mass is 9.92. The maximum atomic E-state index is 14.7. The molecule has 0 spiro atoms. The molecule has 4 rings (SSSR count). The minimum Gasteiger partial charge on any atom is -0.208 e. The highest BCUT2D eigenvalue weighted by Crippen LogP contribution is 2.31. The first-order chi connectivity index (χ1) is 13.5. The Hall–Kier alpha value is -3.27. The van der Waals surface area contributed by atoms with Crippen molar-refractivity contribution in [2.45, 2.75) is 0 Å². The summed E-state index contributed by atoms with van der Waals surface area (Å²) in [5, 5.41) is 0. The van der Waals surface area contributed by atoms with Crippen molar-refractivity contribution >= 4 is 13.3 Å². The molecule has 4 heteroatoms. The minimum atomic E-state index is -0.608. The molecular weight excluding hydrogens is 356 g/mol. The molecule has 134 valence electrons. The maximum absolute atomic E-state index is 14.7. The summed E-state index contributed by atoms with van der Waals surface area (Å²) in [6.45, 7) is 0. The van der Waals surface area contributed by atoms with Crippen LogP contribution in [0, 0.1) is 17.5 Å². The van der Waals surface area contributed by atoms with Crippen molar-refractivity contribution in [1.82, 2.24) is 0 Å². The first kappa shape index (κ1) is 18.1. The molecule has 4 aromatic rings. The molecule has 0 bridgehead atoms. The molecule has 0 nitrogen and oxygen atoms in total. The van der Waals surface area contributed by atoms with E-state index in [1.54, 1.807) is 24.3 Å². The fourth-order valence-electron chi connectivity index (χ4n) is 3.17. The fourth-order valence-corrected chi connectivity index (χ4v) is 3.17. The number of rotatable bonds is 3. The first-order valence-electron chi connectivity index (χ1n) is 8.73. The van der Waals surface area contributed by atoms with E-state index in [0.717, 1.165) is 11.1 Å². The van der Waals surface area contributed by atoms with Crippen LogP contribution < -0.4 is 5.46 Å². The number of halogens is 3. The van der Waals surface area contributed by atoms with Crippen LogP contribution in [0.3, 0.4) is 0 Å². The molecule has 0 saturated heterocycles. The van der Waals surface area contributed by atoms with Gasteiger partial charge in [-0.05, 0) is 40.5 Å². The average Bonchev–Trinajstić information content (AvgIpc) is 2.71. The van der Waals surface area contributed by atoms with Crippen molar-refractivity contribution in [2.24, 2.45) is 0 Å². The van der Waals surface area contributed by atoms with E-state index in [9.17, 15) is 13.2 Å². The van der Waals surface area contributed by atoms with E-state index >= 15 is 0 Å². The Kier molecular flexibility index (Phi) is 4.78. The van der Waals surface area contributed by atoms with Gasteiger partial charge in [-0.1, -0.05) is 72.2 Å². The number of benzene rings is 4. The van der Waals surface area contributed by atoms with E-state index in [2.05, 4.69) is 0 Å². The van der Waals surface area contributed by atoms with Gasteiger partial charge in [0.1, 0.15) is 25.3 Å². The summed E-state index contributed by atoms with van der Waals surface area (Å²) in [6, 6.07) is 22.8. The van der Waals surface area contributed by atoms with Gasteiger partial charge in [0, 0.05) is 11.1 Å². The van der Waals surface area contributed by atoms with Crippen molar-refractivity contribution in [2.75, 3.05) is 0 Å². The smallest absolute Gasteiger partial charge is 0.131 e. The van der Waals surface area contributed by atoms with Gasteiger partial charge in [-0.25, -0.2) is 13.2 Å². The van der Waals surface area contributed by atoms with E-state index < -0.39 is 17.5 Å². The average molecular weight is 370 g/mol. The Bertz CT molecular complexity index is 1150. The van der Waals surface area contributed by atoms with Crippen molar-refractivity contribution in [1.29, 1.82) is 0 Å². The zero-order valence-electron chi connectivity index (χ0n) is 14.8. The van der Waals surface area contributed by atoms with Crippen LogP contribution in [0.15, 0.2) is 84.9 Å². The summed E-state index contributed by atoms with van der Waals surface area (Å²) < 4.78 is 43.0. The van der Waals surface area contributed by atoms with E-state index in [1.807, 2.05) is 30.3 Å². The Balaban J connectivity index is 1.70. The van der Waals surface area contributed by atoms with E-state index in [0.29, 0.717) is 16.7 Å². The second kappa shape index (κ2) is 7.39. The Morgan fingerprint density at radius 2 is 0.964 bits per heavy atom. The molecular formula is C24H14BF3. The van der Waals surface area contributed by atoms with Gasteiger partial charge in [0.2, 0.25) is 0 Å². The topological polar surface area (TPSA) is 0 Å². The summed E-state index contributed by atoms with van der Waals surface area (Å²) >= 11 is 0. The molecule has 0 aliphatic carbocycles. The lowest BCUT2D eigenvalue weighted by Crippen LogP contribution is -2.07. The molecule has 0 atom stereocenters. The van der Waals surface area contributed by atoms with E-state index in [1.165, 1.54) is 30.3 Å². The predicted octanol–water partition coefficient (Wildman–Crippen LogP) is 5.90. The largest absolute Gasteiger partial charge is 0.208 e. The molecule has 0 amide bonds. The van der Waals surface area contributed by atoms with E-state index in [4.69, 9.17) is 7.85 Å². The molecule has 0 aliphatic heterocycles. The van der Waals surface area contributed by atoms with Gasteiger partial charge in [-0.15, -0.1) is 0 Å². The Morgan fingerprint density at radius 1 is 0.464 bits per heavy atom. The zero-order valence-corrected chi connectivity index (χ0v) is 14.8. The summed E-state index contributed by atoms with van der Waals surface area (Å²) in [6.07, 6.45) is 0. The highest BCUT2D eigenvalue weighted by Gasteiger charge is 2.12. The predicted molar refractivity (Wildman–Crippen MR) is 108 cm³/mol. The van der Waals surface area contributed by atoms with Gasteiger partial charge in [0.25, 0.3) is 0 Å². The van der Waals surface area contributed by atoms with Crippen LogP contribution in [0.2, 0.25) is 0 Å². The summed E-state index contributed by atoms with van der Waals surface area (Å²) in [5.41, 5.74) is 2.96. The third-order valence-corrected chi connectivity index (χ3v) is 4.67. The van der Waals surface area contributed by atoms with Gasteiger partial charge in [-0.2, -0.15) is 0 Å². The van der Waals surface area contributed by atoms with E-state index in [-0.39, 0.29) is 11.0 Å². The molecule has 0 heterocycles. The first-order valence-corrected chi connectivity index (χ1v) is 8.73. The van der Waals surface area contributed by atoms with Crippen LogP contribution in [0.25, 0.3) is 33.4 Å². The third kappa shape index (κ3) is 3.46. The second-order valence-electron chi connectivity index (χ2n) is 6.49. The second-order valence-corrected chi connectivity index (χ2v) is 6.49. The SMILES string of the molecule is [B]c1ccc(-c2ccc(-c3ccc(-c4ccccc4)cc3F)cc2F)cc1F.